The van der Waals surface area contributed by atoms with Crippen LogP contribution in [0.3, 0.4) is 0 Å². The normalized spacial score (nSPS) is 12.4. The Kier molecular flexibility index (Phi) is 3.86. The molecule has 0 bridgehead atoms. The fourth-order valence-electron chi connectivity index (χ4n) is 1.74. The molecule has 0 radical (unpaired) electrons. The molecule has 2 rings (SSSR count). The summed E-state index contributed by atoms with van der Waals surface area (Å²) in [6.45, 7) is 2.03. The van der Waals surface area contributed by atoms with Crippen LogP contribution in [0.2, 0.25) is 0 Å². The van der Waals surface area contributed by atoms with Gasteiger partial charge in [0.25, 0.3) is 0 Å². The zero-order valence-corrected chi connectivity index (χ0v) is 11.2. The molecular formula is C13H14BrN3. The minimum Gasteiger partial charge on any atom is -0.322 e. The van der Waals surface area contributed by atoms with Crippen molar-refractivity contribution in [3.05, 3.63) is 58.1 Å². The van der Waals surface area contributed by atoms with E-state index in [2.05, 4.69) is 25.9 Å². The molecule has 2 aromatic heterocycles. The molecule has 88 valence electrons. The van der Waals surface area contributed by atoms with Gasteiger partial charge in [0, 0.05) is 29.0 Å². The molecule has 3 nitrogen and oxygen atoms in total. The Bertz CT molecular complexity index is 496. The van der Waals surface area contributed by atoms with Crippen LogP contribution in [0.15, 0.2) is 41.1 Å². The van der Waals surface area contributed by atoms with E-state index in [0.29, 0.717) is 6.42 Å². The van der Waals surface area contributed by atoms with Crippen LogP contribution in [0.1, 0.15) is 23.0 Å². The molecule has 2 heterocycles. The van der Waals surface area contributed by atoms with E-state index in [1.54, 1.807) is 12.4 Å². The summed E-state index contributed by atoms with van der Waals surface area (Å²) in [5.41, 5.74) is 9.19. The van der Waals surface area contributed by atoms with Gasteiger partial charge in [-0.15, -0.1) is 0 Å². The Morgan fingerprint density at radius 3 is 2.76 bits per heavy atom. The van der Waals surface area contributed by atoms with Crippen LogP contribution in [-0.4, -0.2) is 9.97 Å². The summed E-state index contributed by atoms with van der Waals surface area (Å²) in [6, 6.07) is 7.79. The minimum absolute atomic E-state index is 0.107. The second kappa shape index (κ2) is 5.38. The summed E-state index contributed by atoms with van der Waals surface area (Å²) in [5, 5.41) is 0. The zero-order valence-electron chi connectivity index (χ0n) is 9.60. The molecule has 17 heavy (non-hydrogen) atoms. The van der Waals surface area contributed by atoms with Crippen LogP contribution in [0.25, 0.3) is 0 Å². The number of hydrogen-bond acceptors (Lipinski definition) is 3. The highest BCUT2D eigenvalue weighted by Gasteiger charge is 2.11. The number of nitrogens with zero attached hydrogens (tertiary/aromatic N) is 2. The Labute approximate surface area is 109 Å². The lowest BCUT2D eigenvalue weighted by molar-refractivity contribution is 0.677. The molecule has 0 aliphatic heterocycles. The molecule has 0 fully saturated rings. The van der Waals surface area contributed by atoms with E-state index in [9.17, 15) is 0 Å². The van der Waals surface area contributed by atoms with Crippen molar-refractivity contribution in [3.8, 4) is 0 Å². The number of rotatable bonds is 3. The van der Waals surface area contributed by atoms with E-state index < -0.39 is 0 Å². The summed E-state index contributed by atoms with van der Waals surface area (Å²) >= 11 is 3.36. The minimum atomic E-state index is -0.107. The van der Waals surface area contributed by atoms with E-state index in [1.165, 1.54) is 0 Å². The topological polar surface area (TPSA) is 51.8 Å². The second-order valence-electron chi connectivity index (χ2n) is 3.98. The maximum atomic E-state index is 6.15. The number of halogens is 1. The van der Waals surface area contributed by atoms with Crippen molar-refractivity contribution in [3.63, 3.8) is 0 Å². The van der Waals surface area contributed by atoms with Crippen LogP contribution >= 0.6 is 15.9 Å². The molecule has 0 aliphatic carbocycles. The Morgan fingerprint density at radius 2 is 2.12 bits per heavy atom. The lowest BCUT2D eigenvalue weighted by Crippen LogP contribution is -2.16. The zero-order chi connectivity index (χ0) is 12.3. The number of aryl methyl sites for hydroxylation is 1. The van der Waals surface area contributed by atoms with Gasteiger partial charge in [0.1, 0.15) is 0 Å². The van der Waals surface area contributed by atoms with Gasteiger partial charge in [0.2, 0.25) is 0 Å². The van der Waals surface area contributed by atoms with Gasteiger partial charge >= 0.3 is 0 Å². The third-order valence-corrected chi connectivity index (χ3v) is 3.09. The fourth-order valence-corrected chi connectivity index (χ4v) is 1.97. The van der Waals surface area contributed by atoms with Crippen LogP contribution in [0, 0.1) is 6.92 Å². The number of aromatic nitrogens is 2. The van der Waals surface area contributed by atoms with Gasteiger partial charge in [0.15, 0.2) is 0 Å². The first kappa shape index (κ1) is 12.2. The second-order valence-corrected chi connectivity index (χ2v) is 4.90. The molecule has 0 spiro atoms. The first-order valence-electron chi connectivity index (χ1n) is 5.44. The molecule has 2 N–H and O–H groups in total. The monoisotopic (exact) mass is 291 g/mol. The van der Waals surface area contributed by atoms with E-state index in [1.807, 2.05) is 31.2 Å². The molecule has 1 unspecified atom stereocenters. The van der Waals surface area contributed by atoms with E-state index in [4.69, 9.17) is 5.73 Å². The first-order chi connectivity index (χ1) is 8.16. The largest absolute Gasteiger partial charge is 0.322 e. The van der Waals surface area contributed by atoms with Gasteiger partial charge in [-0.25, -0.2) is 0 Å². The van der Waals surface area contributed by atoms with Crippen LogP contribution in [-0.2, 0) is 6.42 Å². The highest BCUT2D eigenvalue weighted by atomic mass is 79.9. The van der Waals surface area contributed by atoms with Crippen LogP contribution < -0.4 is 5.73 Å². The van der Waals surface area contributed by atoms with E-state index in [-0.39, 0.29) is 6.04 Å². The van der Waals surface area contributed by atoms with Crippen molar-refractivity contribution in [1.82, 2.24) is 9.97 Å². The van der Waals surface area contributed by atoms with Gasteiger partial charge in [-0.3, -0.25) is 9.97 Å². The molecule has 0 amide bonds. The SMILES string of the molecule is Cc1cccnc1C(N)Cc1ccc(Br)cn1. The van der Waals surface area contributed by atoms with Crippen molar-refractivity contribution in [1.29, 1.82) is 0 Å². The van der Waals surface area contributed by atoms with Crippen molar-refractivity contribution in [2.45, 2.75) is 19.4 Å². The molecule has 0 aliphatic rings. The molecule has 4 heteroatoms. The third kappa shape index (κ3) is 3.11. The van der Waals surface area contributed by atoms with Gasteiger partial charge in [-0.05, 0) is 46.6 Å². The van der Waals surface area contributed by atoms with Crippen LogP contribution in [0.4, 0.5) is 0 Å². The molecule has 0 aromatic carbocycles. The highest BCUT2D eigenvalue weighted by Crippen LogP contribution is 2.17. The summed E-state index contributed by atoms with van der Waals surface area (Å²) in [5.74, 6) is 0. The molecule has 1 atom stereocenters. The van der Waals surface area contributed by atoms with Gasteiger partial charge in [0.05, 0.1) is 11.7 Å². The maximum absolute atomic E-state index is 6.15. The van der Waals surface area contributed by atoms with Crippen molar-refractivity contribution >= 4 is 15.9 Å². The van der Waals surface area contributed by atoms with E-state index in [0.717, 1.165) is 21.4 Å². The Hall–Kier alpha value is -1.26. The molecule has 0 saturated carbocycles. The summed E-state index contributed by atoms with van der Waals surface area (Å²) in [7, 11) is 0. The van der Waals surface area contributed by atoms with Crippen molar-refractivity contribution in [2.24, 2.45) is 5.73 Å². The number of hydrogen-bond donors (Lipinski definition) is 1. The quantitative estimate of drug-likeness (QED) is 0.946. The summed E-state index contributed by atoms with van der Waals surface area (Å²) in [6.07, 6.45) is 4.26. The standard InChI is InChI=1S/C13H14BrN3/c1-9-3-2-6-16-13(9)12(15)7-11-5-4-10(14)8-17-11/h2-6,8,12H,7,15H2,1H3. The molecule has 2 aromatic rings. The maximum Gasteiger partial charge on any atom is 0.0604 e. The number of pyridine rings is 2. The number of nitrogens with two attached hydrogens (primary N) is 1. The lowest BCUT2D eigenvalue weighted by atomic mass is 10.0. The predicted octanol–water partition coefficient (Wildman–Crippen LogP) is 2.79. The molecule has 0 saturated heterocycles. The van der Waals surface area contributed by atoms with Crippen molar-refractivity contribution < 1.29 is 0 Å². The van der Waals surface area contributed by atoms with Gasteiger partial charge in [-0.2, -0.15) is 0 Å². The van der Waals surface area contributed by atoms with Crippen LogP contribution in [0.5, 0.6) is 0 Å². The Morgan fingerprint density at radius 1 is 1.29 bits per heavy atom. The molecular weight excluding hydrogens is 278 g/mol. The van der Waals surface area contributed by atoms with E-state index >= 15 is 0 Å². The predicted molar refractivity (Wildman–Crippen MR) is 71.5 cm³/mol. The van der Waals surface area contributed by atoms with Crippen molar-refractivity contribution in [2.75, 3.05) is 0 Å². The fraction of sp³-hybridized carbons (Fsp3) is 0.231. The third-order valence-electron chi connectivity index (χ3n) is 2.62. The lowest BCUT2D eigenvalue weighted by Gasteiger charge is -2.12. The average molecular weight is 292 g/mol. The smallest absolute Gasteiger partial charge is 0.0604 e. The first-order valence-corrected chi connectivity index (χ1v) is 6.23. The average Bonchev–Trinajstić information content (AvgIpc) is 2.32. The summed E-state index contributed by atoms with van der Waals surface area (Å²) < 4.78 is 0.976. The van der Waals surface area contributed by atoms with Gasteiger partial charge < -0.3 is 5.73 Å². The van der Waals surface area contributed by atoms with Gasteiger partial charge in [-0.1, -0.05) is 6.07 Å². The summed E-state index contributed by atoms with van der Waals surface area (Å²) in [4.78, 5) is 8.65. The highest BCUT2D eigenvalue weighted by molar-refractivity contribution is 9.10. The Balaban J connectivity index is 2.14.